The topological polar surface area (TPSA) is 69.3 Å². The second kappa shape index (κ2) is 7.16. The highest BCUT2D eigenvalue weighted by Gasteiger charge is 2.09. The van der Waals surface area contributed by atoms with Gasteiger partial charge in [0, 0.05) is 30.2 Å². The molecule has 2 aromatic carbocycles. The summed E-state index contributed by atoms with van der Waals surface area (Å²) in [6, 6.07) is 14.0. The van der Waals surface area contributed by atoms with Crippen molar-refractivity contribution >= 4 is 40.1 Å². The number of halogens is 2. The Kier molecular flexibility index (Phi) is 4.97. The number of nitrogens with zero attached hydrogens (tertiary/aromatic N) is 2. The molecular weight excluding hydrogens is 343 g/mol. The molecule has 4 N–H and O–H groups in total. The number of aliphatic imine (C=N–C) groups is 1. The third kappa shape index (κ3) is 3.66. The number of hydrogen-bond donors (Lipinski definition) is 2. The van der Waals surface area contributed by atoms with Crippen LogP contribution in [0, 0.1) is 0 Å². The maximum absolute atomic E-state index is 6.12. The van der Waals surface area contributed by atoms with Crippen LogP contribution >= 0.6 is 23.2 Å². The molecule has 3 rings (SSSR count). The van der Waals surface area contributed by atoms with E-state index in [0.29, 0.717) is 16.6 Å². The van der Waals surface area contributed by atoms with E-state index in [-0.39, 0.29) is 5.96 Å². The summed E-state index contributed by atoms with van der Waals surface area (Å²) in [6.45, 7) is 1.29. The molecule has 0 aliphatic carbocycles. The van der Waals surface area contributed by atoms with Crippen LogP contribution in [0.5, 0.6) is 0 Å². The Bertz CT molecular complexity index is 895. The molecular formula is C18H18Cl2N4. The first-order valence-electron chi connectivity index (χ1n) is 7.60. The summed E-state index contributed by atoms with van der Waals surface area (Å²) in [4.78, 5) is 4.07. The van der Waals surface area contributed by atoms with Crippen molar-refractivity contribution in [2.24, 2.45) is 16.5 Å². The van der Waals surface area contributed by atoms with Gasteiger partial charge in [0.25, 0.3) is 0 Å². The number of nitrogens with two attached hydrogens (primary N) is 2. The SMILES string of the molecule is NC(N)=NCCc1cn(Cc2ccc(Cl)c(Cl)c2)c2ccccc12. The lowest BCUT2D eigenvalue weighted by Gasteiger charge is -2.07. The number of hydrogen-bond acceptors (Lipinski definition) is 1. The Labute approximate surface area is 150 Å². The zero-order valence-corrected chi connectivity index (χ0v) is 14.6. The van der Waals surface area contributed by atoms with Gasteiger partial charge in [0.2, 0.25) is 0 Å². The molecule has 3 aromatic rings. The molecule has 124 valence electrons. The van der Waals surface area contributed by atoms with Gasteiger partial charge < -0.3 is 16.0 Å². The summed E-state index contributed by atoms with van der Waals surface area (Å²) in [6.07, 6.45) is 2.93. The molecule has 0 spiro atoms. The number of aromatic nitrogens is 1. The highest BCUT2D eigenvalue weighted by Crippen LogP contribution is 2.26. The number of benzene rings is 2. The fourth-order valence-electron chi connectivity index (χ4n) is 2.79. The van der Waals surface area contributed by atoms with Crippen molar-refractivity contribution in [2.75, 3.05) is 6.54 Å². The predicted molar refractivity (Wildman–Crippen MR) is 102 cm³/mol. The van der Waals surface area contributed by atoms with Gasteiger partial charge >= 0.3 is 0 Å². The Hall–Kier alpha value is -2.17. The highest BCUT2D eigenvalue weighted by atomic mass is 35.5. The van der Waals surface area contributed by atoms with Gasteiger partial charge in [-0.3, -0.25) is 4.99 Å². The van der Waals surface area contributed by atoms with Crippen LogP contribution in [0.1, 0.15) is 11.1 Å². The second-order valence-electron chi connectivity index (χ2n) is 5.60. The minimum absolute atomic E-state index is 0.120. The van der Waals surface area contributed by atoms with Crippen molar-refractivity contribution in [3.8, 4) is 0 Å². The molecule has 0 saturated carbocycles. The van der Waals surface area contributed by atoms with Crippen LogP contribution in [0.15, 0.2) is 53.7 Å². The van der Waals surface area contributed by atoms with Crippen LogP contribution in [0.25, 0.3) is 10.9 Å². The van der Waals surface area contributed by atoms with Crippen LogP contribution < -0.4 is 11.5 Å². The summed E-state index contributed by atoms with van der Waals surface area (Å²) in [5.41, 5.74) is 14.3. The Morgan fingerprint density at radius 1 is 1.04 bits per heavy atom. The van der Waals surface area contributed by atoms with Gasteiger partial charge in [-0.2, -0.15) is 0 Å². The van der Waals surface area contributed by atoms with E-state index in [9.17, 15) is 0 Å². The standard InChI is InChI=1S/C18H18Cl2N4/c19-15-6-5-12(9-16(15)20)10-24-11-13(7-8-23-18(21)22)14-3-1-2-4-17(14)24/h1-6,9,11H,7-8,10H2,(H4,21,22,23). The number of rotatable bonds is 5. The second-order valence-corrected chi connectivity index (χ2v) is 6.42. The Balaban J connectivity index is 1.92. The molecule has 6 heteroatoms. The summed E-state index contributed by atoms with van der Waals surface area (Å²) in [7, 11) is 0. The molecule has 0 amide bonds. The first kappa shape index (κ1) is 16.7. The van der Waals surface area contributed by atoms with E-state index in [1.807, 2.05) is 30.3 Å². The first-order valence-corrected chi connectivity index (χ1v) is 8.36. The van der Waals surface area contributed by atoms with Crippen LogP contribution in [-0.4, -0.2) is 17.1 Å². The number of fused-ring (bicyclic) bond motifs is 1. The summed E-state index contributed by atoms with van der Waals surface area (Å²) >= 11 is 12.1. The molecule has 0 radical (unpaired) electrons. The third-order valence-electron chi connectivity index (χ3n) is 3.88. The normalized spacial score (nSPS) is 10.9. The smallest absolute Gasteiger partial charge is 0.185 e. The molecule has 0 aliphatic heterocycles. The minimum Gasteiger partial charge on any atom is -0.370 e. The van der Waals surface area contributed by atoms with Gasteiger partial charge in [0.1, 0.15) is 0 Å². The van der Waals surface area contributed by atoms with Crippen LogP contribution in [0.3, 0.4) is 0 Å². The van der Waals surface area contributed by atoms with Gasteiger partial charge in [-0.15, -0.1) is 0 Å². The molecule has 0 unspecified atom stereocenters. The molecule has 0 bridgehead atoms. The Morgan fingerprint density at radius 2 is 1.83 bits per heavy atom. The monoisotopic (exact) mass is 360 g/mol. The van der Waals surface area contributed by atoms with E-state index in [1.165, 1.54) is 16.5 Å². The van der Waals surface area contributed by atoms with Gasteiger partial charge in [-0.1, -0.05) is 47.5 Å². The molecule has 4 nitrogen and oxygen atoms in total. The lowest BCUT2D eigenvalue weighted by Crippen LogP contribution is -2.23. The maximum Gasteiger partial charge on any atom is 0.185 e. The van der Waals surface area contributed by atoms with Crippen LogP contribution in [0.4, 0.5) is 0 Å². The van der Waals surface area contributed by atoms with Crippen molar-refractivity contribution in [3.63, 3.8) is 0 Å². The number of guanidine groups is 1. The van der Waals surface area contributed by atoms with Gasteiger partial charge in [0.05, 0.1) is 10.0 Å². The van der Waals surface area contributed by atoms with Crippen molar-refractivity contribution in [2.45, 2.75) is 13.0 Å². The quantitative estimate of drug-likeness (QED) is 0.536. The van der Waals surface area contributed by atoms with Crippen molar-refractivity contribution < 1.29 is 0 Å². The molecule has 24 heavy (non-hydrogen) atoms. The first-order chi connectivity index (χ1) is 11.5. The van der Waals surface area contributed by atoms with Crippen molar-refractivity contribution in [3.05, 3.63) is 69.8 Å². The fraction of sp³-hybridized carbons (Fsp3) is 0.167. The number of para-hydroxylation sites is 1. The zero-order valence-electron chi connectivity index (χ0n) is 13.0. The van der Waals surface area contributed by atoms with E-state index in [1.54, 1.807) is 0 Å². The zero-order chi connectivity index (χ0) is 17.1. The van der Waals surface area contributed by atoms with E-state index in [2.05, 4.69) is 27.9 Å². The molecule has 0 atom stereocenters. The average molecular weight is 361 g/mol. The van der Waals surface area contributed by atoms with Gasteiger partial charge in [0.15, 0.2) is 5.96 Å². The van der Waals surface area contributed by atoms with Crippen LogP contribution in [0.2, 0.25) is 10.0 Å². The van der Waals surface area contributed by atoms with Crippen molar-refractivity contribution in [1.82, 2.24) is 4.57 Å². The summed E-state index contributed by atoms with van der Waals surface area (Å²) in [5, 5.41) is 2.35. The molecule has 0 fully saturated rings. The molecule has 1 heterocycles. The Morgan fingerprint density at radius 3 is 2.58 bits per heavy atom. The summed E-state index contributed by atoms with van der Waals surface area (Å²) < 4.78 is 2.21. The summed E-state index contributed by atoms with van der Waals surface area (Å²) in [5.74, 6) is 0.120. The van der Waals surface area contributed by atoms with Crippen molar-refractivity contribution in [1.29, 1.82) is 0 Å². The third-order valence-corrected chi connectivity index (χ3v) is 4.62. The van der Waals surface area contributed by atoms with Crippen LogP contribution in [-0.2, 0) is 13.0 Å². The van der Waals surface area contributed by atoms with Gasteiger partial charge in [-0.05, 0) is 35.7 Å². The van der Waals surface area contributed by atoms with E-state index in [0.717, 1.165) is 18.5 Å². The minimum atomic E-state index is 0.120. The molecule has 0 saturated heterocycles. The lowest BCUT2D eigenvalue weighted by molar-refractivity contribution is 0.827. The van der Waals surface area contributed by atoms with E-state index >= 15 is 0 Å². The largest absolute Gasteiger partial charge is 0.370 e. The van der Waals surface area contributed by atoms with E-state index < -0.39 is 0 Å². The van der Waals surface area contributed by atoms with Gasteiger partial charge in [-0.25, -0.2) is 0 Å². The maximum atomic E-state index is 6.12. The predicted octanol–water partition coefficient (Wildman–Crippen LogP) is 3.81. The molecule has 0 aliphatic rings. The van der Waals surface area contributed by atoms with E-state index in [4.69, 9.17) is 34.7 Å². The molecule has 1 aromatic heterocycles. The average Bonchev–Trinajstić information content (AvgIpc) is 2.89. The highest BCUT2D eigenvalue weighted by molar-refractivity contribution is 6.42. The fourth-order valence-corrected chi connectivity index (χ4v) is 3.11. The lowest BCUT2D eigenvalue weighted by atomic mass is 10.1.